The normalized spacial score (nSPS) is 15.9. The molecule has 0 aromatic heterocycles. The van der Waals surface area contributed by atoms with Gasteiger partial charge in [0.1, 0.15) is 5.75 Å². The van der Waals surface area contributed by atoms with Crippen LogP contribution < -0.4 is 10.1 Å². The summed E-state index contributed by atoms with van der Waals surface area (Å²) in [6, 6.07) is 15.3. The van der Waals surface area contributed by atoms with Gasteiger partial charge in [-0.3, -0.25) is 9.69 Å². The summed E-state index contributed by atoms with van der Waals surface area (Å²) in [5.41, 5.74) is 1.87. The van der Waals surface area contributed by atoms with Crippen LogP contribution in [0.5, 0.6) is 5.75 Å². The molecule has 1 atom stereocenters. The Balaban J connectivity index is 1.71. The molecule has 0 saturated carbocycles. The van der Waals surface area contributed by atoms with E-state index in [9.17, 15) is 4.79 Å². The number of methoxy groups -OCH3 is 1. The molecule has 0 radical (unpaired) electrons. The van der Waals surface area contributed by atoms with Crippen LogP contribution in [0.2, 0.25) is 5.02 Å². The second-order valence-electron chi connectivity index (χ2n) is 6.58. The van der Waals surface area contributed by atoms with Gasteiger partial charge in [0, 0.05) is 30.2 Å². The highest BCUT2D eigenvalue weighted by atomic mass is 35.5. The van der Waals surface area contributed by atoms with Crippen molar-refractivity contribution in [2.75, 3.05) is 40.0 Å². The van der Waals surface area contributed by atoms with Crippen LogP contribution in [0.4, 0.5) is 0 Å². The third-order valence-corrected chi connectivity index (χ3v) is 4.91. The van der Waals surface area contributed by atoms with E-state index in [-0.39, 0.29) is 18.4 Å². The van der Waals surface area contributed by atoms with Gasteiger partial charge in [0.15, 0.2) is 0 Å². The molecule has 0 unspecified atom stereocenters. The average molecular weight is 389 g/mol. The number of hydrogen-bond acceptors (Lipinski definition) is 4. The first-order chi connectivity index (χ1) is 13.2. The standard InChI is InChI=1S/C21H25ClN2O3/c1-26-20-8-7-18(22)13-17(20)14-21(25)23-19(16-5-3-2-4-6-16)15-24-9-11-27-12-10-24/h2-8,13,19H,9-12,14-15H2,1H3,(H,23,25)/t19-/m0/s1. The molecule has 0 aliphatic carbocycles. The van der Waals surface area contributed by atoms with Gasteiger partial charge in [-0.15, -0.1) is 0 Å². The molecule has 1 amide bonds. The van der Waals surface area contributed by atoms with Crippen LogP contribution >= 0.6 is 11.6 Å². The third kappa shape index (κ3) is 5.70. The molecule has 6 heteroatoms. The number of ether oxygens (including phenoxy) is 2. The first kappa shape index (κ1) is 19.7. The highest BCUT2D eigenvalue weighted by molar-refractivity contribution is 6.30. The van der Waals surface area contributed by atoms with Crippen LogP contribution in [-0.4, -0.2) is 50.8 Å². The molecule has 27 heavy (non-hydrogen) atoms. The maximum Gasteiger partial charge on any atom is 0.225 e. The van der Waals surface area contributed by atoms with Crippen LogP contribution in [0, 0.1) is 0 Å². The monoisotopic (exact) mass is 388 g/mol. The lowest BCUT2D eigenvalue weighted by atomic mass is 10.0. The third-order valence-electron chi connectivity index (χ3n) is 4.68. The Hall–Kier alpha value is -2.08. The van der Waals surface area contributed by atoms with Gasteiger partial charge in [0.25, 0.3) is 0 Å². The second kappa shape index (κ2) is 9.74. The zero-order valence-corrected chi connectivity index (χ0v) is 16.2. The molecular formula is C21H25ClN2O3. The predicted molar refractivity (Wildman–Crippen MR) is 106 cm³/mol. The van der Waals surface area contributed by atoms with E-state index in [1.54, 1.807) is 25.3 Å². The Labute approximate surface area is 165 Å². The van der Waals surface area contributed by atoms with Crippen LogP contribution in [0.25, 0.3) is 0 Å². The van der Waals surface area contributed by atoms with Gasteiger partial charge in [0.2, 0.25) is 5.91 Å². The summed E-state index contributed by atoms with van der Waals surface area (Å²) < 4.78 is 10.8. The Kier molecular flexibility index (Phi) is 7.10. The molecule has 144 valence electrons. The minimum absolute atomic E-state index is 0.0577. The van der Waals surface area contributed by atoms with Crippen molar-refractivity contribution in [1.29, 1.82) is 0 Å². The molecule has 1 saturated heterocycles. The molecule has 3 rings (SSSR count). The van der Waals surface area contributed by atoms with Gasteiger partial charge in [-0.05, 0) is 23.8 Å². The number of rotatable bonds is 7. The van der Waals surface area contributed by atoms with Gasteiger partial charge in [-0.25, -0.2) is 0 Å². The van der Waals surface area contributed by atoms with Gasteiger partial charge < -0.3 is 14.8 Å². The molecular weight excluding hydrogens is 364 g/mol. The van der Waals surface area contributed by atoms with E-state index < -0.39 is 0 Å². The van der Waals surface area contributed by atoms with Crippen molar-refractivity contribution in [3.63, 3.8) is 0 Å². The quantitative estimate of drug-likeness (QED) is 0.792. The van der Waals surface area contributed by atoms with Crippen molar-refractivity contribution in [2.45, 2.75) is 12.5 Å². The maximum atomic E-state index is 12.8. The molecule has 2 aromatic carbocycles. The molecule has 1 fully saturated rings. The summed E-state index contributed by atoms with van der Waals surface area (Å²) in [5.74, 6) is 0.608. The van der Waals surface area contributed by atoms with Crippen LogP contribution in [0.3, 0.4) is 0 Å². The van der Waals surface area contributed by atoms with Crippen LogP contribution in [-0.2, 0) is 16.0 Å². The average Bonchev–Trinajstić information content (AvgIpc) is 2.69. The molecule has 1 aliphatic rings. The number of hydrogen-bond donors (Lipinski definition) is 1. The van der Waals surface area contributed by atoms with Crippen molar-refractivity contribution in [2.24, 2.45) is 0 Å². The highest BCUT2D eigenvalue weighted by Gasteiger charge is 2.21. The zero-order chi connectivity index (χ0) is 19.1. The largest absolute Gasteiger partial charge is 0.496 e. The Morgan fingerprint density at radius 1 is 1.22 bits per heavy atom. The summed E-state index contributed by atoms with van der Waals surface area (Å²) in [4.78, 5) is 15.1. The van der Waals surface area contributed by atoms with Crippen molar-refractivity contribution in [3.05, 3.63) is 64.7 Å². The number of benzene rings is 2. The number of carbonyl (C=O) groups is 1. The van der Waals surface area contributed by atoms with Gasteiger partial charge >= 0.3 is 0 Å². The van der Waals surface area contributed by atoms with Gasteiger partial charge in [0.05, 0.1) is 32.8 Å². The smallest absolute Gasteiger partial charge is 0.225 e. The van der Waals surface area contributed by atoms with Crippen LogP contribution in [0.1, 0.15) is 17.2 Å². The summed E-state index contributed by atoms with van der Waals surface area (Å²) in [5, 5.41) is 3.77. The van der Waals surface area contributed by atoms with E-state index in [4.69, 9.17) is 21.1 Å². The van der Waals surface area contributed by atoms with Gasteiger partial charge in [-0.2, -0.15) is 0 Å². The molecule has 1 heterocycles. The molecule has 5 nitrogen and oxygen atoms in total. The minimum Gasteiger partial charge on any atom is -0.496 e. The van der Waals surface area contributed by atoms with Crippen molar-refractivity contribution >= 4 is 17.5 Å². The van der Waals surface area contributed by atoms with E-state index >= 15 is 0 Å². The van der Waals surface area contributed by atoms with E-state index in [0.717, 1.165) is 44.0 Å². The highest BCUT2D eigenvalue weighted by Crippen LogP contribution is 2.23. The number of nitrogens with one attached hydrogen (secondary N) is 1. The number of amides is 1. The number of nitrogens with zero attached hydrogens (tertiary/aromatic N) is 1. The van der Waals surface area contributed by atoms with Crippen molar-refractivity contribution in [3.8, 4) is 5.75 Å². The molecule has 0 bridgehead atoms. The van der Waals surface area contributed by atoms with E-state index in [0.29, 0.717) is 10.8 Å². The minimum atomic E-state index is -0.0815. The fourth-order valence-corrected chi connectivity index (χ4v) is 3.46. The molecule has 1 aliphatic heterocycles. The summed E-state index contributed by atoms with van der Waals surface area (Å²) in [6.45, 7) is 3.97. The Morgan fingerprint density at radius 2 is 1.96 bits per heavy atom. The lowest BCUT2D eigenvalue weighted by Crippen LogP contribution is -2.43. The van der Waals surface area contributed by atoms with E-state index in [1.807, 2.05) is 30.3 Å². The van der Waals surface area contributed by atoms with Gasteiger partial charge in [-0.1, -0.05) is 41.9 Å². The second-order valence-corrected chi connectivity index (χ2v) is 7.01. The number of halogens is 1. The fraction of sp³-hybridized carbons (Fsp3) is 0.381. The number of morpholine rings is 1. The number of carbonyl (C=O) groups excluding carboxylic acids is 1. The molecule has 1 N–H and O–H groups in total. The molecule has 2 aromatic rings. The van der Waals surface area contributed by atoms with Crippen molar-refractivity contribution < 1.29 is 14.3 Å². The lowest BCUT2D eigenvalue weighted by molar-refractivity contribution is -0.121. The Morgan fingerprint density at radius 3 is 2.67 bits per heavy atom. The predicted octanol–water partition coefficient (Wildman–Crippen LogP) is 3.08. The first-order valence-corrected chi connectivity index (χ1v) is 9.50. The fourth-order valence-electron chi connectivity index (χ4n) is 3.27. The maximum absolute atomic E-state index is 12.8. The van der Waals surface area contributed by atoms with Crippen molar-refractivity contribution in [1.82, 2.24) is 10.2 Å². The zero-order valence-electron chi connectivity index (χ0n) is 15.5. The summed E-state index contributed by atoms with van der Waals surface area (Å²) in [6.07, 6.45) is 0.218. The topological polar surface area (TPSA) is 50.8 Å². The van der Waals surface area contributed by atoms with E-state index in [1.165, 1.54) is 0 Å². The summed E-state index contributed by atoms with van der Waals surface area (Å²) >= 11 is 6.08. The first-order valence-electron chi connectivity index (χ1n) is 9.12. The SMILES string of the molecule is COc1ccc(Cl)cc1CC(=O)N[C@@H](CN1CCOCC1)c1ccccc1. The van der Waals surface area contributed by atoms with Crippen LogP contribution in [0.15, 0.2) is 48.5 Å². The molecule has 0 spiro atoms. The van der Waals surface area contributed by atoms with E-state index in [2.05, 4.69) is 10.2 Å². The lowest BCUT2D eigenvalue weighted by Gasteiger charge is -2.31. The summed E-state index contributed by atoms with van der Waals surface area (Å²) in [7, 11) is 1.59. The Bertz CT molecular complexity index is 748.